The first-order valence-electron chi connectivity index (χ1n) is 4.96. The summed E-state index contributed by atoms with van der Waals surface area (Å²) in [5.74, 6) is -0.748. The minimum atomic E-state index is -0.748. The molecule has 0 saturated carbocycles. The lowest BCUT2D eigenvalue weighted by molar-refractivity contribution is -0.384. The summed E-state index contributed by atoms with van der Waals surface area (Å²) >= 11 is 0. The molecule has 0 fully saturated rings. The normalized spacial score (nSPS) is 9.89. The Bertz CT molecular complexity index is 564. The SMILES string of the molecule is COC(=O)c1cc([N+](=O)[O-])ccc1NN=NCC#N. The van der Waals surface area contributed by atoms with Crippen LogP contribution in [0.3, 0.4) is 0 Å². The van der Waals surface area contributed by atoms with Crippen LogP contribution in [0.5, 0.6) is 0 Å². The van der Waals surface area contributed by atoms with Crippen LogP contribution in [0.2, 0.25) is 0 Å². The molecule has 9 heteroatoms. The first kappa shape index (κ1) is 14.0. The predicted molar refractivity (Wildman–Crippen MR) is 63.4 cm³/mol. The van der Waals surface area contributed by atoms with E-state index in [4.69, 9.17) is 5.26 Å². The van der Waals surface area contributed by atoms with Gasteiger partial charge in [-0.05, 0) is 6.07 Å². The second kappa shape index (κ2) is 6.65. The van der Waals surface area contributed by atoms with Crippen LogP contribution in [0.1, 0.15) is 10.4 Å². The van der Waals surface area contributed by atoms with Gasteiger partial charge in [-0.2, -0.15) is 10.4 Å². The Hall–Kier alpha value is -3.02. The Labute approximate surface area is 107 Å². The molecule has 0 aliphatic rings. The second-order valence-corrected chi connectivity index (χ2v) is 3.15. The molecule has 19 heavy (non-hydrogen) atoms. The summed E-state index contributed by atoms with van der Waals surface area (Å²) in [6.45, 7) is -0.145. The maximum atomic E-state index is 11.5. The van der Waals surface area contributed by atoms with E-state index in [0.29, 0.717) is 0 Å². The van der Waals surface area contributed by atoms with Crippen molar-refractivity contribution in [2.45, 2.75) is 0 Å². The van der Waals surface area contributed by atoms with E-state index in [1.54, 1.807) is 6.07 Å². The first-order chi connectivity index (χ1) is 9.10. The van der Waals surface area contributed by atoms with Crippen molar-refractivity contribution in [1.82, 2.24) is 0 Å². The number of nitrogens with zero attached hydrogens (tertiary/aromatic N) is 4. The number of esters is 1. The molecule has 1 rings (SSSR count). The van der Waals surface area contributed by atoms with Crippen LogP contribution in [0.15, 0.2) is 28.5 Å². The lowest BCUT2D eigenvalue weighted by Gasteiger charge is -2.05. The highest BCUT2D eigenvalue weighted by Gasteiger charge is 2.17. The van der Waals surface area contributed by atoms with Crippen molar-refractivity contribution in [3.63, 3.8) is 0 Å². The number of benzene rings is 1. The number of ether oxygens (including phenoxy) is 1. The van der Waals surface area contributed by atoms with Gasteiger partial charge in [0.15, 0.2) is 0 Å². The molecular formula is C10H9N5O4. The standard InChI is InChI=1S/C10H9N5O4/c1-19-10(16)8-6-7(15(17)18)2-3-9(8)13-14-12-5-4-11/h2-3,6H,5H2,1H3,(H,12,13). The van der Waals surface area contributed by atoms with Gasteiger partial charge in [0, 0.05) is 12.1 Å². The maximum absolute atomic E-state index is 11.5. The van der Waals surface area contributed by atoms with Gasteiger partial charge in [-0.1, -0.05) is 5.22 Å². The van der Waals surface area contributed by atoms with Crippen LogP contribution in [-0.2, 0) is 4.74 Å². The summed E-state index contributed by atoms with van der Waals surface area (Å²) in [6.07, 6.45) is 0. The lowest BCUT2D eigenvalue weighted by atomic mass is 10.1. The van der Waals surface area contributed by atoms with Gasteiger partial charge in [0.05, 0.1) is 29.4 Å². The Morgan fingerprint density at radius 1 is 1.63 bits per heavy atom. The van der Waals surface area contributed by atoms with Crippen LogP contribution in [0, 0.1) is 21.4 Å². The molecule has 0 aliphatic carbocycles. The molecule has 0 unspecified atom stereocenters. The number of nitrogens with one attached hydrogen (secondary N) is 1. The van der Waals surface area contributed by atoms with E-state index in [1.165, 1.54) is 12.1 Å². The van der Waals surface area contributed by atoms with Crippen molar-refractivity contribution in [2.24, 2.45) is 10.3 Å². The van der Waals surface area contributed by atoms with Crippen LogP contribution >= 0.6 is 0 Å². The van der Waals surface area contributed by atoms with Gasteiger partial charge in [0.2, 0.25) is 0 Å². The Morgan fingerprint density at radius 2 is 2.37 bits per heavy atom. The topological polar surface area (TPSA) is 130 Å². The number of carbonyl (C=O) groups is 1. The number of methoxy groups -OCH3 is 1. The zero-order chi connectivity index (χ0) is 14.3. The molecule has 0 heterocycles. The first-order valence-corrected chi connectivity index (χ1v) is 4.96. The number of nitriles is 1. The number of non-ortho nitro benzene ring substituents is 1. The molecular weight excluding hydrogens is 254 g/mol. The third kappa shape index (κ3) is 3.74. The van der Waals surface area contributed by atoms with Gasteiger partial charge >= 0.3 is 5.97 Å². The average Bonchev–Trinajstić information content (AvgIpc) is 2.42. The van der Waals surface area contributed by atoms with E-state index in [9.17, 15) is 14.9 Å². The molecule has 0 aliphatic heterocycles. The highest BCUT2D eigenvalue weighted by atomic mass is 16.6. The van der Waals surface area contributed by atoms with Crippen molar-refractivity contribution in [3.05, 3.63) is 33.9 Å². The van der Waals surface area contributed by atoms with Crippen molar-refractivity contribution in [3.8, 4) is 6.07 Å². The fourth-order valence-electron chi connectivity index (χ4n) is 1.18. The third-order valence-corrected chi connectivity index (χ3v) is 2.00. The predicted octanol–water partition coefficient (Wildman–Crippen LogP) is 1.68. The molecule has 0 bridgehead atoms. The van der Waals surface area contributed by atoms with Crippen molar-refractivity contribution in [2.75, 3.05) is 19.1 Å². The van der Waals surface area contributed by atoms with Crippen LogP contribution in [-0.4, -0.2) is 24.5 Å². The summed E-state index contributed by atoms with van der Waals surface area (Å²) in [7, 11) is 1.15. The Balaban J connectivity index is 3.06. The van der Waals surface area contributed by atoms with E-state index in [-0.39, 0.29) is 23.5 Å². The zero-order valence-corrected chi connectivity index (χ0v) is 9.86. The minimum absolute atomic E-state index is 0.0485. The van der Waals surface area contributed by atoms with E-state index < -0.39 is 10.9 Å². The minimum Gasteiger partial charge on any atom is -0.465 e. The summed E-state index contributed by atoms with van der Waals surface area (Å²) in [6, 6.07) is 5.31. The molecule has 0 spiro atoms. The highest BCUT2D eigenvalue weighted by molar-refractivity contribution is 5.96. The molecule has 0 aromatic heterocycles. The lowest BCUT2D eigenvalue weighted by Crippen LogP contribution is -2.06. The molecule has 1 aromatic carbocycles. The Kier molecular flexibility index (Phi) is 4.92. The Morgan fingerprint density at radius 3 is 2.95 bits per heavy atom. The third-order valence-electron chi connectivity index (χ3n) is 2.00. The maximum Gasteiger partial charge on any atom is 0.340 e. The quantitative estimate of drug-likeness (QED) is 0.283. The fraction of sp³-hybridized carbons (Fsp3) is 0.200. The highest BCUT2D eigenvalue weighted by Crippen LogP contribution is 2.23. The van der Waals surface area contributed by atoms with Gasteiger partial charge in [-0.15, -0.1) is 0 Å². The molecule has 0 radical (unpaired) electrons. The van der Waals surface area contributed by atoms with E-state index in [0.717, 1.165) is 13.2 Å². The molecule has 1 N–H and O–H groups in total. The molecule has 0 atom stereocenters. The molecule has 1 aromatic rings. The second-order valence-electron chi connectivity index (χ2n) is 3.15. The fourth-order valence-corrected chi connectivity index (χ4v) is 1.18. The zero-order valence-electron chi connectivity index (χ0n) is 9.86. The number of carbonyl (C=O) groups excluding carboxylic acids is 1. The average molecular weight is 263 g/mol. The van der Waals surface area contributed by atoms with Crippen molar-refractivity contribution >= 4 is 17.3 Å². The molecule has 9 nitrogen and oxygen atoms in total. The smallest absolute Gasteiger partial charge is 0.340 e. The number of hydrogen-bond donors (Lipinski definition) is 1. The summed E-state index contributed by atoms with van der Waals surface area (Å²) in [5, 5.41) is 25.8. The van der Waals surface area contributed by atoms with Crippen molar-refractivity contribution < 1.29 is 14.5 Å². The monoisotopic (exact) mass is 263 g/mol. The van der Waals surface area contributed by atoms with E-state index in [2.05, 4.69) is 20.5 Å². The molecule has 98 valence electrons. The summed E-state index contributed by atoms with van der Waals surface area (Å²) < 4.78 is 4.51. The largest absolute Gasteiger partial charge is 0.465 e. The number of nitro groups is 1. The van der Waals surface area contributed by atoms with Crippen LogP contribution < -0.4 is 5.43 Å². The van der Waals surface area contributed by atoms with Gasteiger partial charge in [0.1, 0.15) is 6.54 Å². The van der Waals surface area contributed by atoms with Gasteiger partial charge in [0.25, 0.3) is 5.69 Å². The summed E-state index contributed by atoms with van der Waals surface area (Å²) in [4.78, 5) is 21.5. The molecule has 0 saturated heterocycles. The van der Waals surface area contributed by atoms with Gasteiger partial charge in [-0.25, -0.2) is 4.79 Å². The molecule has 0 amide bonds. The van der Waals surface area contributed by atoms with E-state index in [1.807, 2.05) is 0 Å². The van der Waals surface area contributed by atoms with Gasteiger partial charge in [-0.3, -0.25) is 15.5 Å². The number of anilines is 1. The number of hydrogen-bond acceptors (Lipinski definition) is 7. The van der Waals surface area contributed by atoms with E-state index >= 15 is 0 Å². The van der Waals surface area contributed by atoms with Crippen LogP contribution in [0.4, 0.5) is 11.4 Å². The number of rotatable bonds is 5. The van der Waals surface area contributed by atoms with Gasteiger partial charge < -0.3 is 4.74 Å². The number of nitro benzene ring substituents is 1. The van der Waals surface area contributed by atoms with Crippen molar-refractivity contribution in [1.29, 1.82) is 5.26 Å². The van der Waals surface area contributed by atoms with Crippen LogP contribution in [0.25, 0.3) is 0 Å². The summed E-state index contributed by atoms with van der Waals surface area (Å²) in [5.41, 5.74) is 2.31.